The van der Waals surface area contributed by atoms with Crippen molar-refractivity contribution in [2.24, 2.45) is 5.92 Å². The molecule has 1 aliphatic heterocycles. The van der Waals surface area contributed by atoms with E-state index < -0.39 is 0 Å². The quantitative estimate of drug-likeness (QED) is 0.481. The lowest BCUT2D eigenvalue weighted by atomic mass is 9.90. The van der Waals surface area contributed by atoms with Gasteiger partial charge in [0.25, 0.3) is 0 Å². The summed E-state index contributed by atoms with van der Waals surface area (Å²) >= 11 is 6.09. The lowest BCUT2D eigenvalue weighted by Crippen LogP contribution is -2.51. The average Bonchev–Trinajstić information content (AvgIpc) is 2.84. The molecule has 1 heterocycles. The molecule has 2 atom stereocenters. The molecule has 166 valence electrons. The number of rotatable bonds is 8. The summed E-state index contributed by atoms with van der Waals surface area (Å²) in [5.74, 6) is 0.200. The highest BCUT2D eigenvalue weighted by molar-refractivity contribution is 6.30. The molecule has 0 aromatic heterocycles. The van der Waals surface area contributed by atoms with Gasteiger partial charge in [0, 0.05) is 43.2 Å². The first-order valence-corrected chi connectivity index (χ1v) is 11.6. The van der Waals surface area contributed by atoms with Crippen LogP contribution >= 0.6 is 11.6 Å². The molecule has 1 fully saturated rings. The van der Waals surface area contributed by atoms with Crippen molar-refractivity contribution in [3.05, 3.63) is 107 Å². The van der Waals surface area contributed by atoms with Crippen LogP contribution in [0.15, 0.2) is 84.9 Å². The molecule has 0 saturated carbocycles. The molecule has 0 aliphatic carbocycles. The minimum atomic E-state index is -0.0483. The zero-order chi connectivity index (χ0) is 22.2. The second kappa shape index (κ2) is 11.3. The van der Waals surface area contributed by atoms with Crippen molar-refractivity contribution >= 4 is 17.5 Å². The molecule has 0 spiro atoms. The lowest BCUT2D eigenvalue weighted by Gasteiger charge is -2.30. The van der Waals surface area contributed by atoms with Crippen molar-refractivity contribution in [3.8, 4) is 0 Å². The van der Waals surface area contributed by atoms with Crippen molar-refractivity contribution in [2.45, 2.75) is 24.9 Å². The molecule has 1 saturated heterocycles. The fourth-order valence-electron chi connectivity index (χ4n) is 4.35. The van der Waals surface area contributed by atoms with Crippen molar-refractivity contribution in [1.82, 2.24) is 16.0 Å². The topological polar surface area (TPSA) is 53.2 Å². The fraction of sp³-hybridized carbons (Fsp3) is 0.296. The summed E-state index contributed by atoms with van der Waals surface area (Å²) in [6.45, 7) is 2.90. The van der Waals surface area contributed by atoms with Crippen LogP contribution in [0.3, 0.4) is 0 Å². The molecule has 1 aliphatic rings. The highest BCUT2D eigenvalue weighted by Gasteiger charge is 2.27. The van der Waals surface area contributed by atoms with Gasteiger partial charge in [0.2, 0.25) is 5.91 Å². The van der Waals surface area contributed by atoms with Crippen molar-refractivity contribution < 1.29 is 4.79 Å². The summed E-state index contributed by atoms with van der Waals surface area (Å²) in [6.07, 6.45) is 0.820. The van der Waals surface area contributed by atoms with Crippen LogP contribution in [0.4, 0.5) is 0 Å². The second-order valence-electron chi connectivity index (χ2n) is 8.42. The number of carbonyl (C=O) groups is 1. The Morgan fingerprint density at radius 1 is 0.938 bits per heavy atom. The van der Waals surface area contributed by atoms with Gasteiger partial charge in [0.1, 0.15) is 0 Å². The minimum Gasteiger partial charge on any atom is -0.355 e. The van der Waals surface area contributed by atoms with Gasteiger partial charge in [-0.1, -0.05) is 84.4 Å². The highest BCUT2D eigenvalue weighted by Crippen LogP contribution is 2.24. The minimum absolute atomic E-state index is 0.0483. The number of hydrogen-bond acceptors (Lipinski definition) is 3. The zero-order valence-corrected chi connectivity index (χ0v) is 18.9. The Bertz CT molecular complexity index is 957. The van der Waals surface area contributed by atoms with E-state index in [1.54, 1.807) is 0 Å². The van der Waals surface area contributed by atoms with E-state index in [1.807, 2.05) is 54.6 Å². The Hall–Kier alpha value is -2.66. The van der Waals surface area contributed by atoms with Crippen LogP contribution < -0.4 is 16.0 Å². The van der Waals surface area contributed by atoms with Crippen LogP contribution in [0.5, 0.6) is 0 Å². The number of carbonyl (C=O) groups excluding carboxylic acids is 1. The lowest BCUT2D eigenvalue weighted by molar-refractivity contribution is -0.125. The van der Waals surface area contributed by atoms with Crippen LogP contribution in [0, 0.1) is 5.92 Å². The van der Waals surface area contributed by atoms with Crippen LogP contribution in [-0.4, -0.2) is 31.6 Å². The molecule has 4 rings (SSSR count). The van der Waals surface area contributed by atoms with Crippen molar-refractivity contribution in [2.75, 3.05) is 19.6 Å². The standard InChI is InChI=1S/C27H30ClN3O/c28-24-13-7-8-20(14-24)16-30-25-15-23(17-29-18-25)27(32)31-19-26(21-9-3-1-4-10-21)22-11-5-2-6-12-22/h1-14,23,25-26,29-30H,15-19H2,(H,31,32)/t23-,25+/m0/s1. The zero-order valence-electron chi connectivity index (χ0n) is 18.1. The predicted octanol–water partition coefficient (Wildman–Crippen LogP) is 4.36. The second-order valence-corrected chi connectivity index (χ2v) is 8.85. The maximum Gasteiger partial charge on any atom is 0.224 e. The van der Waals surface area contributed by atoms with Crippen LogP contribution in [-0.2, 0) is 11.3 Å². The Kier molecular flexibility index (Phi) is 7.94. The Morgan fingerprint density at radius 2 is 1.62 bits per heavy atom. The first-order chi connectivity index (χ1) is 15.7. The van der Waals surface area contributed by atoms with Crippen LogP contribution in [0.1, 0.15) is 29.0 Å². The number of hydrogen-bond donors (Lipinski definition) is 3. The van der Waals surface area contributed by atoms with Crippen LogP contribution in [0.2, 0.25) is 5.02 Å². The molecule has 5 heteroatoms. The Labute approximate surface area is 195 Å². The summed E-state index contributed by atoms with van der Waals surface area (Å²) in [5.41, 5.74) is 3.57. The number of piperidine rings is 1. The van der Waals surface area contributed by atoms with Crippen LogP contribution in [0.25, 0.3) is 0 Å². The number of benzene rings is 3. The molecule has 32 heavy (non-hydrogen) atoms. The molecule has 4 nitrogen and oxygen atoms in total. The van der Waals surface area contributed by atoms with Gasteiger partial charge in [-0.15, -0.1) is 0 Å². The molecular formula is C27H30ClN3O. The van der Waals surface area contributed by atoms with E-state index in [1.165, 1.54) is 11.1 Å². The predicted molar refractivity (Wildman–Crippen MR) is 131 cm³/mol. The highest BCUT2D eigenvalue weighted by atomic mass is 35.5. The maximum atomic E-state index is 13.0. The Morgan fingerprint density at radius 3 is 2.28 bits per heavy atom. The van der Waals surface area contributed by atoms with E-state index in [0.29, 0.717) is 13.1 Å². The average molecular weight is 448 g/mol. The van der Waals surface area contributed by atoms with E-state index in [2.05, 4.69) is 46.3 Å². The smallest absolute Gasteiger partial charge is 0.224 e. The summed E-state index contributed by atoms with van der Waals surface area (Å²) in [6, 6.07) is 28.9. The van der Waals surface area contributed by atoms with Gasteiger partial charge < -0.3 is 16.0 Å². The van der Waals surface area contributed by atoms with Gasteiger partial charge >= 0.3 is 0 Å². The summed E-state index contributed by atoms with van der Waals surface area (Å²) < 4.78 is 0. The number of nitrogens with one attached hydrogen (secondary N) is 3. The van der Waals surface area contributed by atoms with E-state index in [9.17, 15) is 4.79 Å². The van der Waals surface area contributed by atoms with Gasteiger partial charge in [-0.25, -0.2) is 0 Å². The monoisotopic (exact) mass is 447 g/mol. The Balaban J connectivity index is 1.34. The van der Waals surface area contributed by atoms with E-state index in [0.717, 1.165) is 30.1 Å². The summed E-state index contributed by atoms with van der Waals surface area (Å²) in [4.78, 5) is 13.0. The summed E-state index contributed by atoms with van der Waals surface area (Å²) in [5, 5.41) is 11.0. The molecule has 0 bridgehead atoms. The normalized spacial score (nSPS) is 18.4. The maximum absolute atomic E-state index is 13.0. The van der Waals surface area contributed by atoms with E-state index in [-0.39, 0.29) is 23.8 Å². The third kappa shape index (κ3) is 6.19. The molecule has 3 aromatic rings. The summed E-state index contributed by atoms with van der Waals surface area (Å²) in [7, 11) is 0. The number of halogens is 1. The van der Waals surface area contributed by atoms with Gasteiger partial charge in [0.05, 0.1) is 5.92 Å². The molecule has 3 N–H and O–H groups in total. The van der Waals surface area contributed by atoms with Crippen molar-refractivity contribution in [1.29, 1.82) is 0 Å². The van der Waals surface area contributed by atoms with Gasteiger partial charge in [-0.3, -0.25) is 4.79 Å². The molecule has 1 amide bonds. The SMILES string of the molecule is O=C(NCC(c1ccccc1)c1ccccc1)[C@@H]1CNC[C@H](NCc2cccc(Cl)c2)C1. The van der Waals surface area contributed by atoms with E-state index in [4.69, 9.17) is 11.6 Å². The number of amides is 1. The van der Waals surface area contributed by atoms with Gasteiger partial charge in [0.15, 0.2) is 0 Å². The van der Waals surface area contributed by atoms with Gasteiger partial charge in [-0.05, 0) is 35.2 Å². The molecule has 0 radical (unpaired) electrons. The molecular weight excluding hydrogens is 418 g/mol. The molecule has 0 unspecified atom stereocenters. The third-order valence-corrected chi connectivity index (χ3v) is 6.32. The first kappa shape index (κ1) is 22.5. The van der Waals surface area contributed by atoms with Gasteiger partial charge in [-0.2, -0.15) is 0 Å². The van der Waals surface area contributed by atoms with Crippen molar-refractivity contribution in [3.63, 3.8) is 0 Å². The molecule has 3 aromatic carbocycles. The third-order valence-electron chi connectivity index (χ3n) is 6.09. The first-order valence-electron chi connectivity index (χ1n) is 11.2. The largest absolute Gasteiger partial charge is 0.355 e. The fourth-order valence-corrected chi connectivity index (χ4v) is 4.56. The van der Waals surface area contributed by atoms with E-state index >= 15 is 0 Å².